The maximum Gasteiger partial charge on any atom is 0.248 e. The summed E-state index contributed by atoms with van der Waals surface area (Å²) in [4.78, 5) is 26.8. The number of hydrogen-bond acceptors (Lipinski definition) is 3. The lowest BCUT2D eigenvalue weighted by molar-refractivity contribution is 0.0931. The van der Waals surface area contributed by atoms with Gasteiger partial charge in [0.15, 0.2) is 5.78 Å². The third kappa shape index (κ3) is 2.42. The van der Waals surface area contributed by atoms with E-state index in [2.05, 4.69) is 10.3 Å². The molecular formula is C16H16N2O2. The van der Waals surface area contributed by atoms with Crippen LogP contribution in [0.2, 0.25) is 0 Å². The second-order valence-electron chi connectivity index (χ2n) is 5.03. The summed E-state index contributed by atoms with van der Waals surface area (Å²) in [6.45, 7) is 1.62. The zero-order valence-electron chi connectivity index (χ0n) is 11.1. The summed E-state index contributed by atoms with van der Waals surface area (Å²) in [5.74, 6) is 0.182. The number of pyridine rings is 1. The normalized spacial score (nSPS) is 18.1. The summed E-state index contributed by atoms with van der Waals surface area (Å²) in [5.41, 5.74) is 2.00. The Morgan fingerprint density at radius 1 is 1.10 bits per heavy atom. The Balaban J connectivity index is 2.04. The molecule has 1 atom stereocenters. The van der Waals surface area contributed by atoms with Crippen LogP contribution in [0.3, 0.4) is 0 Å². The van der Waals surface area contributed by atoms with E-state index in [9.17, 15) is 9.59 Å². The van der Waals surface area contributed by atoms with E-state index in [1.54, 1.807) is 6.07 Å². The van der Waals surface area contributed by atoms with Crippen molar-refractivity contribution in [1.82, 2.24) is 10.3 Å². The summed E-state index contributed by atoms with van der Waals surface area (Å²) < 4.78 is 0. The lowest BCUT2D eigenvalue weighted by Gasteiger charge is -2.12. The number of H-pyrrole nitrogens is 1. The topological polar surface area (TPSA) is 62.0 Å². The van der Waals surface area contributed by atoms with Crippen molar-refractivity contribution in [2.45, 2.75) is 6.42 Å². The maximum absolute atomic E-state index is 12.6. The van der Waals surface area contributed by atoms with Crippen molar-refractivity contribution in [2.75, 3.05) is 13.1 Å². The third-order valence-corrected chi connectivity index (χ3v) is 3.68. The Labute approximate surface area is 116 Å². The first kappa shape index (κ1) is 12.8. The monoisotopic (exact) mass is 268 g/mol. The number of benzene rings is 1. The molecule has 0 spiro atoms. The first-order chi connectivity index (χ1) is 9.75. The summed E-state index contributed by atoms with van der Waals surface area (Å²) in [6, 6.07) is 12.4. The summed E-state index contributed by atoms with van der Waals surface area (Å²) >= 11 is 0. The second kappa shape index (κ2) is 5.43. The molecule has 3 rings (SSSR count). The SMILES string of the molecule is O=C(c1ccccc1-c1cccc(=O)[nH]1)C1CCNC1. The van der Waals surface area contributed by atoms with E-state index in [1.807, 2.05) is 30.3 Å². The molecule has 102 valence electrons. The molecule has 0 radical (unpaired) electrons. The molecule has 1 fully saturated rings. The van der Waals surface area contributed by atoms with E-state index in [-0.39, 0.29) is 17.3 Å². The molecule has 4 heteroatoms. The first-order valence-corrected chi connectivity index (χ1v) is 6.79. The fourth-order valence-electron chi connectivity index (χ4n) is 2.64. The molecule has 1 saturated heterocycles. The minimum atomic E-state index is -0.160. The number of ketones is 1. The molecular weight excluding hydrogens is 252 g/mol. The molecule has 1 unspecified atom stereocenters. The Morgan fingerprint density at radius 2 is 1.95 bits per heavy atom. The number of carbonyl (C=O) groups excluding carboxylic acids is 1. The molecule has 1 aliphatic rings. The molecule has 2 heterocycles. The van der Waals surface area contributed by atoms with Gasteiger partial charge in [0.1, 0.15) is 0 Å². The van der Waals surface area contributed by atoms with Crippen molar-refractivity contribution in [3.05, 3.63) is 58.4 Å². The van der Waals surface area contributed by atoms with Crippen LogP contribution in [0.15, 0.2) is 47.3 Å². The van der Waals surface area contributed by atoms with Gasteiger partial charge in [0.2, 0.25) is 5.56 Å². The average molecular weight is 268 g/mol. The number of Topliss-reactive ketones (excluding diaryl/α,β-unsaturated/α-hetero) is 1. The molecule has 1 aromatic heterocycles. The Bertz CT molecular complexity index is 685. The highest BCUT2D eigenvalue weighted by molar-refractivity contribution is 6.03. The summed E-state index contributed by atoms with van der Waals surface area (Å²) in [5, 5.41) is 3.21. The zero-order valence-corrected chi connectivity index (χ0v) is 11.1. The van der Waals surface area contributed by atoms with E-state index in [4.69, 9.17) is 0 Å². The van der Waals surface area contributed by atoms with Gasteiger partial charge in [0.05, 0.1) is 0 Å². The van der Waals surface area contributed by atoms with E-state index in [0.717, 1.165) is 25.1 Å². The number of nitrogens with one attached hydrogen (secondary N) is 2. The van der Waals surface area contributed by atoms with Crippen LogP contribution in [-0.4, -0.2) is 23.9 Å². The lowest BCUT2D eigenvalue weighted by Crippen LogP contribution is -2.19. The Kier molecular flexibility index (Phi) is 3.48. The van der Waals surface area contributed by atoms with Crippen LogP contribution in [0.4, 0.5) is 0 Å². The maximum atomic E-state index is 12.6. The van der Waals surface area contributed by atoms with Gasteiger partial charge in [-0.2, -0.15) is 0 Å². The third-order valence-electron chi connectivity index (χ3n) is 3.68. The Hall–Kier alpha value is -2.20. The van der Waals surface area contributed by atoms with Crippen molar-refractivity contribution < 1.29 is 4.79 Å². The van der Waals surface area contributed by atoms with E-state index < -0.39 is 0 Å². The van der Waals surface area contributed by atoms with Gasteiger partial charge in [0, 0.05) is 35.3 Å². The number of rotatable bonds is 3. The van der Waals surface area contributed by atoms with Crippen LogP contribution in [0.5, 0.6) is 0 Å². The fourth-order valence-corrected chi connectivity index (χ4v) is 2.64. The van der Waals surface area contributed by atoms with Crippen molar-refractivity contribution >= 4 is 5.78 Å². The number of aromatic nitrogens is 1. The molecule has 2 N–H and O–H groups in total. The zero-order chi connectivity index (χ0) is 13.9. The first-order valence-electron chi connectivity index (χ1n) is 6.79. The van der Waals surface area contributed by atoms with E-state index >= 15 is 0 Å². The summed E-state index contributed by atoms with van der Waals surface area (Å²) in [7, 11) is 0. The number of carbonyl (C=O) groups is 1. The standard InChI is InChI=1S/C16H16N2O2/c19-15-7-3-6-14(18-15)12-4-1-2-5-13(12)16(20)11-8-9-17-10-11/h1-7,11,17H,8-10H2,(H,18,19). The van der Waals surface area contributed by atoms with Gasteiger partial charge in [-0.05, 0) is 19.0 Å². The highest BCUT2D eigenvalue weighted by atomic mass is 16.1. The quantitative estimate of drug-likeness (QED) is 0.835. The molecule has 20 heavy (non-hydrogen) atoms. The predicted octanol–water partition coefficient (Wildman–Crippen LogP) is 1.83. The molecule has 4 nitrogen and oxygen atoms in total. The summed E-state index contributed by atoms with van der Waals surface area (Å²) in [6.07, 6.45) is 0.873. The predicted molar refractivity (Wildman–Crippen MR) is 77.8 cm³/mol. The Morgan fingerprint density at radius 3 is 2.70 bits per heavy atom. The molecule has 0 saturated carbocycles. The molecule has 0 aliphatic carbocycles. The number of hydrogen-bond donors (Lipinski definition) is 2. The van der Waals surface area contributed by atoms with Gasteiger partial charge in [-0.3, -0.25) is 9.59 Å². The van der Waals surface area contributed by atoms with Crippen molar-refractivity contribution in [3.63, 3.8) is 0 Å². The van der Waals surface area contributed by atoms with E-state index in [1.165, 1.54) is 6.07 Å². The highest BCUT2D eigenvalue weighted by Crippen LogP contribution is 2.25. The van der Waals surface area contributed by atoms with Gasteiger partial charge in [-0.1, -0.05) is 30.3 Å². The average Bonchev–Trinajstić information content (AvgIpc) is 3.01. The van der Waals surface area contributed by atoms with Crippen LogP contribution >= 0.6 is 0 Å². The van der Waals surface area contributed by atoms with Gasteiger partial charge >= 0.3 is 0 Å². The smallest absolute Gasteiger partial charge is 0.248 e. The lowest BCUT2D eigenvalue weighted by atomic mass is 9.92. The van der Waals surface area contributed by atoms with Crippen LogP contribution in [0.1, 0.15) is 16.8 Å². The van der Waals surface area contributed by atoms with Gasteiger partial charge in [-0.15, -0.1) is 0 Å². The molecule has 0 amide bonds. The second-order valence-corrected chi connectivity index (χ2v) is 5.03. The van der Waals surface area contributed by atoms with Crippen molar-refractivity contribution in [3.8, 4) is 11.3 Å². The van der Waals surface area contributed by atoms with E-state index in [0.29, 0.717) is 11.3 Å². The fraction of sp³-hybridized carbons (Fsp3) is 0.250. The van der Waals surface area contributed by atoms with Gasteiger partial charge < -0.3 is 10.3 Å². The van der Waals surface area contributed by atoms with Gasteiger partial charge in [0.25, 0.3) is 0 Å². The molecule has 1 aliphatic heterocycles. The van der Waals surface area contributed by atoms with Crippen molar-refractivity contribution in [2.24, 2.45) is 5.92 Å². The van der Waals surface area contributed by atoms with Crippen LogP contribution < -0.4 is 10.9 Å². The molecule has 0 bridgehead atoms. The minimum absolute atomic E-state index is 0.0339. The molecule has 1 aromatic carbocycles. The van der Waals surface area contributed by atoms with Crippen LogP contribution in [0.25, 0.3) is 11.3 Å². The highest BCUT2D eigenvalue weighted by Gasteiger charge is 2.25. The minimum Gasteiger partial charge on any atom is -0.322 e. The largest absolute Gasteiger partial charge is 0.322 e. The van der Waals surface area contributed by atoms with Crippen LogP contribution in [-0.2, 0) is 0 Å². The molecule has 2 aromatic rings. The van der Waals surface area contributed by atoms with Crippen molar-refractivity contribution in [1.29, 1.82) is 0 Å². The van der Waals surface area contributed by atoms with Gasteiger partial charge in [-0.25, -0.2) is 0 Å². The number of aromatic amines is 1. The van der Waals surface area contributed by atoms with Crippen LogP contribution in [0, 0.1) is 5.92 Å².